The second-order valence-corrected chi connectivity index (χ2v) is 6.81. The Hall–Kier alpha value is -1.77. The zero-order valence-corrected chi connectivity index (χ0v) is 9.58. The third kappa shape index (κ3) is 1.69. The summed E-state index contributed by atoms with van der Waals surface area (Å²) in [6.07, 6.45) is 4.92. The molecular weight excluding hydrogens is 248 g/mol. The van der Waals surface area contributed by atoms with Crippen LogP contribution in [0.2, 0.25) is 0 Å². The van der Waals surface area contributed by atoms with E-state index in [0.29, 0.717) is 7.10 Å². The zero-order valence-electron chi connectivity index (χ0n) is 8.30. The minimum atomic E-state index is -6.29. The van der Waals surface area contributed by atoms with Gasteiger partial charge >= 0.3 is 91.9 Å². The van der Waals surface area contributed by atoms with Crippen LogP contribution in [0.4, 0.5) is 0 Å². The fraction of sp³-hybridized carbons (Fsp3) is 0. The Morgan fingerprint density at radius 3 is 1.19 bits per heavy atom. The van der Waals surface area contributed by atoms with Gasteiger partial charge in [0.05, 0.1) is 0 Å². The van der Waals surface area contributed by atoms with Gasteiger partial charge in [0.15, 0.2) is 0 Å². The van der Waals surface area contributed by atoms with Gasteiger partial charge in [0.25, 0.3) is 0 Å². The van der Waals surface area contributed by atoms with Gasteiger partial charge in [0.1, 0.15) is 0 Å². The summed E-state index contributed by atoms with van der Waals surface area (Å²) in [5, 5.41) is 0. The quantitative estimate of drug-likeness (QED) is 0.774. The van der Waals surface area contributed by atoms with Crippen molar-refractivity contribution in [2.75, 3.05) is 0 Å². The van der Waals surface area contributed by atoms with Gasteiger partial charge in [0, 0.05) is 0 Å². The Morgan fingerprint density at radius 1 is 0.562 bits per heavy atom. The number of hydrogen-bond acceptors (Lipinski definition) is 3. The van der Waals surface area contributed by atoms with Crippen LogP contribution in [0.25, 0.3) is 0 Å². The van der Waals surface area contributed by atoms with Crippen LogP contribution < -0.4 is 7.10 Å². The molecule has 0 unspecified atom stereocenters. The van der Waals surface area contributed by atoms with E-state index in [-0.39, 0.29) is 0 Å². The molecule has 5 nitrogen and oxygen atoms in total. The number of rotatable bonds is 2. The van der Waals surface area contributed by atoms with E-state index in [1.165, 1.54) is 49.1 Å². The van der Waals surface area contributed by atoms with Gasteiger partial charge in [-0.25, -0.2) is 0 Å². The monoisotopic (exact) mass is 258 g/mol. The molecule has 2 aromatic rings. The summed E-state index contributed by atoms with van der Waals surface area (Å²) in [5.74, 6) is 0. The zero-order chi connectivity index (χ0) is 11.7. The van der Waals surface area contributed by atoms with Crippen molar-refractivity contribution in [2.45, 2.75) is 0 Å². The molecule has 16 heavy (non-hydrogen) atoms. The Labute approximate surface area is 92.3 Å². The molecule has 2 heterocycles. The Kier molecular flexibility index (Phi) is 2.26. The normalized spacial score (nSPS) is 12.3. The van der Waals surface area contributed by atoms with Crippen molar-refractivity contribution in [1.82, 2.24) is 0 Å². The molecule has 0 saturated carbocycles. The molecule has 0 amide bonds. The van der Waals surface area contributed by atoms with E-state index in [1.54, 1.807) is 12.1 Å². The van der Waals surface area contributed by atoms with Crippen molar-refractivity contribution >= 4 is 0 Å². The molecule has 0 bridgehead atoms. The van der Waals surface area contributed by atoms with Crippen molar-refractivity contribution in [1.29, 1.82) is 0 Å². The fourth-order valence-electron chi connectivity index (χ4n) is 1.28. The third-order valence-electron chi connectivity index (χ3n) is 2.08. The Balaban J connectivity index is 2.77. The molecule has 0 aliphatic heterocycles. The van der Waals surface area contributed by atoms with E-state index >= 15 is 0 Å². The SMILES string of the molecule is [O]=[Cr](=[O])(=[O])([n+]1ccccc1)[n+]1ccccc1. The van der Waals surface area contributed by atoms with Crippen LogP contribution >= 0.6 is 0 Å². The van der Waals surface area contributed by atoms with Gasteiger partial charge in [-0.15, -0.1) is 0 Å². The van der Waals surface area contributed by atoms with E-state index in [1.807, 2.05) is 0 Å². The molecule has 0 aliphatic carbocycles. The predicted octanol–water partition coefficient (Wildman–Crippen LogP) is 0.214. The minimum absolute atomic E-state index is 0.708. The van der Waals surface area contributed by atoms with Crippen LogP contribution in [0.3, 0.4) is 0 Å². The summed E-state index contributed by atoms with van der Waals surface area (Å²) in [6.45, 7) is 0. The molecule has 0 spiro atoms. The molecule has 2 rings (SSSR count). The third-order valence-corrected chi connectivity index (χ3v) is 5.04. The van der Waals surface area contributed by atoms with E-state index in [4.69, 9.17) is 0 Å². The van der Waals surface area contributed by atoms with Crippen molar-refractivity contribution in [3.63, 3.8) is 0 Å². The molecule has 82 valence electrons. The first kappa shape index (κ1) is 10.7. The maximum atomic E-state index is 12.1. The van der Waals surface area contributed by atoms with E-state index in [2.05, 4.69) is 0 Å². The van der Waals surface area contributed by atoms with Gasteiger partial charge in [-0.2, -0.15) is 0 Å². The molecule has 0 N–H and O–H groups in total. The molecule has 0 saturated heterocycles. The average Bonchev–Trinajstić information content (AvgIpc) is 2.31. The van der Waals surface area contributed by atoms with Crippen LogP contribution in [-0.2, 0) is 23.7 Å². The summed E-state index contributed by atoms with van der Waals surface area (Å²) in [5.41, 5.74) is 0. The van der Waals surface area contributed by atoms with Gasteiger partial charge in [-0.05, 0) is 0 Å². The topological polar surface area (TPSA) is 59.0 Å². The second-order valence-electron chi connectivity index (χ2n) is 3.20. The summed E-state index contributed by atoms with van der Waals surface area (Å²) < 4.78 is 37.6. The molecule has 2 aromatic heterocycles. The number of hydrogen-bond donors (Lipinski definition) is 0. The van der Waals surface area contributed by atoms with Crippen LogP contribution in [0.15, 0.2) is 61.2 Å². The summed E-state index contributed by atoms with van der Waals surface area (Å²) in [6, 6.07) is 9.26. The first-order chi connectivity index (χ1) is 7.49. The Morgan fingerprint density at radius 2 is 0.875 bits per heavy atom. The number of pyridine rings is 2. The van der Waals surface area contributed by atoms with Crippen molar-refractivity contribution in [3.05, 3.63) is 61.2 Å². The van der Waals surface area contributed by atoms with Crippen LogP contribution in [-0.4, -0.2) is 0 Å². The summed E-state index contributed by atoms with van der Waals surface area (Å²) in [4.78, 5) is 0. The molecule has 6 heteroatoms. The summed E-state index contributed by atoms with van der Waals surface area (Å²) in [7, 11) is 0. The molecule has 0 fully saturated rings. The van der Waals surface area contributed by atoms with Gasteiger partial charge in [0.2, 0.25) is 0 Å². The van der Waals surface area contributed by atoms with Crippen LogP contribution in [0.5, 0.6) is 0 Å². The standard InChI is InChI=1S/2C5H5N.Cr.3O/c2*1-2-4-6-5-3-1;;;;/h2*1-5H;;;;/q;;+2;;;. The van der Waals surface area contributed by atoms with E-state index < -0.39 is 12.3 Å². The number of nitrogens with zero attached hydrogens (tertiary/aromatic N) is 2. The fourth-order valence-corrected chi connectivity index (χ4v) is 3.33. The first-order valence-electron chi connectivity index (χ1n) is 4.56. The maximum absolute atomic E-state index is 12.1. The van der Waals surface area contributed by atoms with E-state index in [9.17, 15) is 11.4 Å². The average molecular weight is 258 g/mol. The van der Waals surface area contributed by atoms with Crippen molar-refractivity contribution in [3.8, 4) is 0 Å². The molecule has 0 atom stereocenters. The van der Waals surface area contributed by atoms with Gasteiger partial charge in [-0.1, -0.05) is 0 Å². The van der Waals surface area contributed by atoms with Crippen molar-refractivity contribution in [2.24, 2.45) is 0 Å². The molecule has 0 aromatic carbocycles. The Bertz CT molecular complexity index is 629. The number of aromatic nitrogens is 2. The van der Waals surface area contributed by atoms with Gasteiger partial charge < -0.3 is 0 Å². The second kappa shape index (κ2) is 3.37. The first-order valence-corrected chi connectivity index (χ1v) is 7.27. The summed E-state index contributed by atoms with van der Waals surface area (Å²) >= 11 is -6.29. The molecule has 0 radical (unpaired) electrons. The molecular formula is C10H10CrN2O3+2. The van der Waals surface area contributed by atoms with Crippen LogP contribution in [0, 0.1) is 0 Å². The predicted molar refractivity (Wildman–Crippen MR) is 46.1 cm³/mol. The van der Waals surface area contributed by atoms with E-state index in [0.717, 1.165) is 0 Å². The van der Waals surface area contributed by atoms with Gasteiger partial charge in [-0.3, -0.25) is 0 Å². The van der Waals surface area contributed by atoms with Crippen LogP contribution in [0.1, 0.15) is 0 Å². The van der Waals surface area contributed by atoms with Crippen molar-refractivity contribution < 1.29 is 30.8 Å². The molecule has 0 aliphatic rings.